The fraction of sp³-hybridized carbons (Fsp3) is 0.333. The van der Waals surface area contributed by atoms with E-state index < -0.39 is 0 Å². The van der Waals surface area contributed by atoms with Crippen LogP contribution in [0.15, 0.2) is 47.9 Å². The summed E-state index contributed by atoms with van der Waals surface area (Å²) < 4.78 is 0. The molecule has 0 saturated heterocycles. The molecule has 0 radical (unpaired) electrons. The summed E-state index contributed by atoms with van der Waals surface area (Å²) in [4.78, 5) is 1.35. The van der Waals surface area contributed by atoms with Gasteiger partial charge in [0.1, 0.15) is 0 Å². The van der Waals surface area contributed by atoms with Gasteiger partial charge < -0.3 is 0 Å². The Morgan fingerprint density at radius 2 is 1.74 bits per heavy atom. The van der Waals surface area contributed by atoms with E-state index >= 15 is 0 Å². The minimum atomic E-state index is 0.487. The quantitative estimate of drug-likeness (QED) is 0.625. The van der Waals surface area contributed by atoms with E-state index in [2.05, 4.69) is 61.7 Å². The molecule has 1 heterocycles. The third-order valence-electron chi connectivity index (χ3n) is 4.03. The molecule has 0 fully saturated rings. The van der Waals surface area contributed by atoms with Crippen LogP contribution in [0.25, 0.3) is 16.0 Å². The third kappa shape index (κ3) is 2.82. The number of allylic oxidation sites excluding steroid dienone is 2. The first-order valence-corrected chi connectivity index (χ1v) is 7.85. The Hall–Kier alpha value is -1.34. The van der Waals surface area contributed by atoms with E-state index in [4.69, 9.17) is 0 Å². The molecule has 1 aliphatic rings. The lowest BCUT2D eigenvalue weighted by atomic mass is 9.77. The minimum Gasteiger partial charge on any atom is -0.144 e. The summed E-state index contributed by atoms with van der Waals surface area (Å²) in [5.74, 6) is 0. The molecule has 0 N–H and O–H groups in total. The van der Waals surface area contributed by atoms with Gasteiger partial charge in [0.25, 0.3) is 0 Å². The van der Waals surface area contributed by atoms with Crippen molar-refractivity contribution in [3.63, 3.8) is 0 Å². The van der Waals surface area contributed by atoms with E-state index in [-0.39, 0.29) is 0 Å². The Morgan fingerprint density at radius 3 is 2.32 bits per heavy atom. The third-order valence-corrected chi connectivity index (χ3v) is 4.95. The molecule has 0 bridgehead atoms. The van der Waals surface area contributed by atoms with Crippen molar-refractivity contribution in [2.45, 2.75) is 33.1 Å². The predicted octanol–water partition coefficient (Wildman–Crippen LogP) is 6.01. The molecular weight excluding hydrogens is 248 g/mol. The summed E-state index contributed by atoms with van der Waals surface area (Å²) >= 11 is 1.80. The highest BCUT2D eigenvalue weighted by atomic mass is 32.1. The first-order valence-electron chi connectivity index (χ1n) is 6.97. The first-order chi connectivity index (χ1) is 9.14. The van der Waals surface area contributed by atoms with Crippen LogP contribution in [0.5, 0.6) is 0 Å². The summed E-state index contributed by atoms with van der Waals surface area (Å²) in [5, 5.41) is 2.13. The molecule has 0 spiro atoms. The van der Waals surface area contributed by atoms with Gasteiger partial charge in [-0.05, 0) is 52.8 Å². The van der Waals surface area contributed by atoms with Gasteiger partial charge in [-0.1, -0.05) is 50.3 Å². The van der Waals surface area contributed by atoms with Crippen molar-refractivity contribution >= 4 is 16.9 Å². The number of thiophene rings is 1. The topological polar surface area (TPSA) is 0 Å². The largest absolute Gasteiger partial charge is 0.144 e. The highest BCUT2D eigenvalue weighted by Gasteiger charge is 2.21. The van der Waals surface area contributed by atoms with Crippen LogP contribution in [0.3, 0.4) is 0 Å². The van der Waals surface area contributed by atoms with Crippen molar-refractivity contribution in [3.05, 3.63) is 53.4 Å². The maximum Gasteiger partial charge on any atom is 0.0342 e. The van der Waals surface area contributed by atoms with Gasteiger partial charge >= 0.3 is 0 Å². The van der Waals surface area contributed by atoms with Crippen molar-refractivity contribution in [1.82, 2.24) is 0 Å². The molecule has 0 saturated carbocycles. The Labute approximate surface area is 119 Å². The Balaban J connectivity index is 1.82. The number of hydrogen-bond acceptors (Lipinski definition) is 1. The molecular formula is C18H20S. The van der Waals surface area contributed by atoms with E-state index in [0.717, 1.165) is 0 Å². The molecule has 2 aromatic rings. The lowest BCUT2D eigenvalue weighted by Gasteiger charge is -2.28. The lowest BCUT2D eigenvalue weighted by Crippen LogP contribution is -2.13. The summed E-state index contributed by atoms with van der Waals surface area (Å²) in [5.41, 5.74) is 4.74. The molecule has 0 aliphatic heterocycles. The van der Waals surface area contributed by atoms with Gasteiger partial charge in [0.05, 0.1) is 0 Å². The van der Waals surface area contributed by atoms with Crippen molar-refractivity contribution in [2.75, 3.05) is 0 Å². The molecule has 1 aliphatic carbocycles. The van der Waals surface area contributed by atoms with Crippen LogP contribution < -0.4 is 0 Å². The van der Waals surface area contributed by atoms with Crippen LogP contribution in [0, 0.1) is 5.41 Å². The molecule has 19 heavy (non-hydrogen) atoms. The lowest BCUT2D eigenvalue weighted by molar-refractivity contribution is 0.335. The van der Waals surface area contributed by atoms with E-state index in [1.54, 1.807) is 11.3 Å². The van der Waals surface area contributed by atoms with Gasteiger partial charge in [-0.3, -0.25) is 0 Å². The molecule has 0 amide bonds. The van der Waals surface area contributed by atoms with Gasteiger partial charge in [0, 0.05) is 4.88 Å². The second kappa shape index (κ2) is 4.97. The summed E-state index contributed by atoms with van der Waals surface area (Å²) in [7, 11) is 0. The average Bonchev–Trinajstić information content (AvgIpc) is 2.93. The monoisotopic (exact) mass is 268 g/mol. The molecule has 98 valence electrons. The van der Waals surface area contributed by atoms with Crippen LogP contribution >= 0.6 is 11.3 Å². The average molecular weight is 268 g/mol. The summed E-state index contributed by atoms with van der Waals surface area (Å²) in [6.45, 7) is 4.72. The molecule has 0 nitrogen and oxygen atoms in total. The molecule has 1 aromatic heterocycles. The second-order valence-electron chi connectivity index (χ2n) is 6.15. The van der Waals surface area contributed by atoms with Crippen LogP contribution in [0.1, 0.15) is 38.7 Å². The zero-order valence-electron chi connectivity index (χ0n) is 11.6. The van der Waals surface area contributed by atoms with Crippen LogP contribution in [-0.2, 0) is 0 Å². The zero-order chi connectivity index (χ0) is 13.3. The number of benzene rings is 1. The van der Waals surface area contributed by atoms with Gasteiger partial charge in [0.15, 0.2) is 0 Å². The second-order valence-corrected chi connectivity index (χ2v) is 7.10. The fourth-order valence-electron chi connectivity index (χ4n) is 2.63. The Kier molecular flexibility index (Phi) is 3.32. The fourth-order valence-corrected chi connectivity index (χ4v) is 3.36. The van der Waals surface area contributed by atoms with E-state index in [1.807, 2.05) is 0 Å². The number of rotatable bonds is 2. The van der Waals surface area contributed by atoms with E-state index in [9.17, 15) is 0 Å². The van der Waals surface area contributed by atoms with Crippen molar-refractivity contribution < 1.29 is 0 Å². The van der Waals surface area contributed by atoms with Crippen molar-refractivity contribution in [1.29, 1.82) is 0 Å². The summed E-state index contributed by atoms with van der Waals surface area (Å²) in [6, 6.07) is 13.4. The summed E-state index contributed by atoms with van der Waals surface area (Å²) in [6.07, 6.45) is 6.15. The molecule has 1 aromatic carbocycles. The van der Waals surface area contributed by atoms with E-state index in [0.29, 0.717) is 5.41 Å². The zero-order valence-corrected chi connectivity index (χ0v) is 12.5. The highest BCUT2D eigenvalue weighted by molar-refractivity contribution is 7.13. The van der Waals surface area contributed by atoms with E-state index in [1.165, 1.54) is 40.8 Å². The minimum absolute atomic E-state index is 0.487. The maximum absolute atomic E-state index is 2.43. The standard InChI is InChI=1S/C18H20S/c1-18(2)11-9-15(10-12-18)14-5-7-16(8-6-14)17-4-3-13-19-17/h3-9,13H,10-12H2,1-2H3. The molecule has 0 atom stereocenters. The van der Waals surface area contributed by atoms with Crippen molar-refractivity contribution in [3.8, 4) is 10.4 Å². The molecule has 1 heteroatoms. The molecule has 3 rings (SSSR count). The van der Waals surface area contributed by atoms with Gasteiger partial charge in [-0.2, -0.15) is 0 Å². The normalized spacial score (nSPS) is 18.1. The van der Waals surface area contributed by atoms with Crippen molar-refractivity contribution in [2.24, 2.45) is 5.41 Å². The number of hydrogen-bond donors (Lipinski definition) is 0. The highest BCUT2D eigenvalue weighted by Crippen LogP contribution is 2.38. The smallest absolute Gasteiger partial charge is 0.0342 e. The Bertz CT molecular complexity index is 571. The maximum atomic E-state index is 2.43. The van der Waals surface area contributed by atoms with Crippen LogP contribution in [-0.4, -0.2) is 0 Å². The van der Waals surface area contributed by atoms with Gasteiger partial charge in [-0.15, -0.1) is 11.3 Å². The van der Waals surface area contributed by atoms with Gasteiger partial charge in [-0.25, -0.2) is 0 Å². The predicted molar refractivity (Wildman–Crippen MR) is 85.4 cm³/mol. The molecule has 0 unspecified atom stereocenters. The van der Waals surface area contributed by atoms with Crippen LogP contribution in [0.4, 0.5) is 0 Å². The first kappa shape index (κ1) is 12.7. The SMILES string of the molecule is CC1(C)CC=C(c2ccc(-c3cccs3)cc2)CC1. The Morgan fingerprint density at radius 1 is 1.00 bits per heavy atom. The van der Waals surface area contributed by atoms with Gasteiger partial charge in [0.2, 0.25) is 0 Å². The van der Waals surface area contributed by atoms with Crippen LogP contribution in [0.2, 0.25) is 0 Å².